The molecule has 0 aliphatic rings. The largest absolute Gasteiger partial charge is 0.389 e. The summed E-state index contributed by atoms with van der Waals surface area (Å²) in [6, 6.07) is 6.37. The van der Waals surface area contributed by atoms with Gasteiger partial charge in [0.05, 0.1) is 6.61 Å². The Morgan fingerprint density at radius 2 is 2.21 bits per heavy atom. The van der Waals surface area contributed by atoms with Crippen LogP contribution in [0.5, 0.6) is 0 Å². The van der Waals surface area contributed by atoms with Crippen molar-refractivity contribution in [3.8, 4) is 0 Å². The van der Waals surface area contributed by atoms with Crippen LogP contribution in [-0.4, -0.2) is 30.5 Å². The van der Waals surface area contributed by atoms with Crippen molar-refractivity contribution in [3.63, 3.8) is 0 Å². The van der Waals surface area contributed by atoms with E-state index in [0.29, 0.717) is 11.6 Å². The van der Waals surface area contributed by atoms with Gasteiger partial charge in [0.1, 0.15) is 4.99 Å². The number of thioether (sulfide) groups is 1. The predicted molar refractivity (Wildman–Crippen MR) is 88.3 cm³/mol. The number of benzene rings is 1. The van der Waals surface area contributed by atoms with E-state index in [1.54, 1.807) is 18.9 Å². The van der Waals surface area contributed by atoms with Crippen LogP contribution in [0.1, 0.15) is 25.8 Å². The summed E-state index contributed by atoms with van der Waals surface area (Å²) in [6.07, 6.45) is 0.982. The Balaban J connectivity index is 3.04. The minimum absolute atomic E-state index is 0.264. The maximum Gasteiger partial charge on any atom is 0.107 e. The first-order valence-corrected chi connectivity index (χ1v) is 7.84. The van der Waals surface area contributed by atoms with E-state index in [0.717, 1.165) is 28.3 Å². The second-order valence-electron chi connectivity index (χ2n) is 4.18. The van der Waals surface area contributed by atoms with Crippen molar-refractivity contribution in [2.24, 2.45) is 5.73 Å². The lowest BCUT2D eigenvalue weighted by molar-refractivity contribution is 0.184. The molecule has 0 amide bonds. The zero-order valence-corrected chi connectivity index (χ0v) is 13.4. The van der Waals surface area contributed by atoms with Gasteiger partial charge in [-0.1, -0.05) is 32.1 Å². The highest BCUT2D eigenvalue weighted by Gasteiger charge is 2.14. The first kappa shape index (κ1) is 16.3. The Morgan fingerprint density at radius 3 is 2.74 bits per heavy atom. The van der Waals surface area contributed by atoms with Gasteiger partial charge >= 0.3 is 0 Å². The lowest BCUT2D eigenvalue weighted by Crippen LogP contribution is -2.26. The van der Waals surface area contributed by atoms with Crippen LogP contribution in [0.3, 0.4) is 0 Å². The normalized spacial score (nSPS) is 12.2. The van der Waals surface area contributed by atoms with Crippen molar-refractivity contribution in [2.45, 2.75) is 31.2 Å². The molecule has 3 nitrogen and oxygen atoms in total. The molecule has 0 heterocycles. The van der Waals surface area contributed by atoms with Gasteiger partial charge in [-0.25, -0.2) is 0 Å². The molecule has 0 fully saturated rings. The Hall–Kier alpha value is -0.780. The van der Waals surface area contributed by atoms with E-state index in [-0.39, 0.29) is 6.04 Å². The summed E-state index contributed by atoms with van der Waals surface area (Å²) < 4.78 is 5.21. The molecule has 0 radical (unpaired) electrons. The van der Waals surface area contributed by atoms with Gasteiger partial charge < -0.3 is 15.8 Å². The minimum Gasteiger partial charge on any atom is -0.389 e. The molecule has 1 rings (SSSR count). The Labute approximate surface area is 125 Å². The first-order chi connectivity index (χ1) is 9.13. The van der Waals surface area contributed by atoms with Gasteiger partial charge in [0, 0.05) is 29.3 Å². The number of thiocarbonyl (C=S) groups is 1. The molecule has 1 aromatic carbocycles. The fourth-order valence-electron chi connectivity index (χ4n) is 1.86. The number of hydrogen-bond donors (Lipinski definition) is 2. The van der Waals surface area contributed by atoms with Crippen molar-refractivity contribution in [1.29, 1.82) is 0 Å². The third-order valence-electron chi connectivity index (χ3n) is 2.79. The van der Waals surface area contributed by atoms with Crippen LogP contribution in [0, 0.1) is 0 Å². The molecule has 0 saturated heterocycles. The van der Waals surface area contributed by atoms with Crippen LogP contribution >= 0.6 is 24.0 Å². The van der Waals surface area contributed by atoms with Crippen molar-refractivity contribution < 1.29 is 4.74 Å². The van der Waals surface area contributed by atoms with E-state index in [1.807, 2.05) is 12.1 Å². The van der Waals surface area contributed by atoms with Crippen molar-refractivity contribution in [2.75, 3.05) is 24.8 Å². The zero-order valence-electron chi connectivity index (χ0n) is 11.7. The molecule has 1 aromatic rings. The zero-order chi connectivity index (χ0) is 14.3. The molecule has 3 N–H and O–H groups in total. The molecule has 0 aliphatic carbocycles. The molecule has 0 aliphatic heterocycles. The summed E-state index contributed by atoms with van der Waals surface area (Å²) in [5.41, 5.74) is 7.82. The van der Waals surface area contributed by atoms with Gasteiger partial charge in [-0.2, -0.15) is 0 Å². The number of anilines is 1. The number of rotatable bonds is 8. The number of nitrogens with one attached hydrogen (secondary N) is 1. The summed E-state index contributed by atoms with van der Waals surface area (Å²) in [5.74, 6) is 0.994. The number of hydrogen-bond acceptors (Lipinski definition) is 4. The molecule has 0 spiro atoms. The molecule has 1 atom stereocenters. The van der Waals surface area contributed by atoms with Gasteiger partial charge in [0.15, 0.2) is 0 Å². The minimum atomic E-state index is 0.264. The molecule has 1 unspecified atom stereocenters. The van der Waals surface area contributed by atoms with Gasteiger partial charge in [-0.05, 0) is 24.3 Å². The molecule has 0 saturated carbocycles. The lowest BCUT2D eigenvalue weighted by Gasteiger charge is -2.21. The monoisotopic (exact) mass is 298 g/mol. The lowest BCUT2D eigenvalue weighted by atomic mass is 10.1. The van der Waals surface area contributed by atoms with E-state index in [1.165, 1.54) is 0 Å². The van der Waals surface area contributed by atoms with Gasteiger partial charge in [0.25, 0.3) is 0 Å². The fourth-order valence-corrected chi connectivity index (χ4v) is 3.00. The van der Waals surface area contributed by atoms with Gasteiger partial charge in [-0.15, -0.1) is 11.8 Å². The van der Waals surface area contributed by atoms with Gasteiger partial charge in [0.2, 0.25) is 0 Å². The second-order valence-corrected chi connectivity index (χ2v) is 5.93. The summed E-state index contributed by atoms with van der Waals surface area (Å²) in [4.78, 5) is 1.57. The fraction of sp³-hybridized carbons (Fsp3) is 0.500. The quantitative estimate of drug-likeness (QED) is 0.570. The highest BCUT2D eigenvalue weighted by molar-refractivity contribution is 7.99. The molecule has 0 bridgehead atoms. The second kappa shape index (κ2) is 8.40. The SMILES string of the molecule is CCSc1cccc(NC(CC)COC)c1C(N)=S. The maximum absolute atomic E-state index is 5.88. The summed E-state index contributed by atoms with van der Waals surface area (Å²) >= 11 is 6.95. The van der Waals surface area contributed by atoms with E-state index in [9.17, 15) is 0 Å². The van der Waals surface area contributed by atoms with E-state index < -0.39 is 0 Å². The smallest absolute Gasteiger partial charge is 0.107 e. The van der Waals surface area contributed by atoms with Crippen LogP contribution in [0.15, 0.2) is 23.1 Å². The van der Waals surface area contributed by atoms with Crippen LogP contribution in [0.25, 0.3) is 0 Å². The van der Waals surface area contributed by atoms with E-state index in [4.69, 9.17) is 22.7 Å². The maximum atomic E-state index is 5.88. The molecular formula is C14H22N2OS2. The van der Waals surface area contributed by atoms with Crippen LogP contribution < -0.4 is 11.1 Å². The number of ether oxygens (including phenoxy) is 1. The predicted octanol–water partition coefficient (Wildman–Crippen LogP) is 3.27. The third kappa shape index (κ3) is 4.67. The highest BCUT2D eigenvalue weighted by Crippen LogP contribution is 2.29. The number of methoxy groups -OCH3 is 1. The molecule has 5 heteroatoms. The van der Waals surface area contributed by atoms with E-state index >= 15 is 0 Å². The van der Waals surface area contributed by atoms with E-state index in [2.05, 4.69) is 25.2 Å². The molecule has 19 heavy (non-hydrogen) atoms. The van der Waals surface area contributed by atoms with Crippen molar-refractivity contribution >= 4 is 34.7 Å². The highest BCUT2D eigenvalue weighted by atomic mass is 32.2. The molecule has 106 valence electrons. The summed E-state index contributed by atoms with van der Waals surface area (Å²) in [7, 11) is 1.71. The van der Waals surface area contributed by atoms with Crippen molar-refractivity contribution in [3.05, 3.63) is 23.8 Å². The van der Waals surface area contributed by atoms with Crippen molar-refractivity contribution in [1.82, 2.24) is 0 Å². The Morgan fingerprint density at radius 1 is 1.47 bits per heavy atom. The topological polar surface area (TPSA) is 47.3 Å². The molecule has 0 aromatic heterocycles. The standard InChI is InChI=1S/C14H22N2OS2/c1-4-10(9-17-3)16-11-7-6-8-12(19-5-2)13(11)14(15)18/h6-8,10,16H,4-5,9H2,1-3H3,(H2,15,18). The number of nitrogens with two attached hydrogens (primary N) is 1. The van der Waals surface area contributed by atoms with Gasteiger partial charge in [-0.3, -0.25) is 0 Å². The van der Waals surface area contributed by atoms with Crippen LogP contribution in [-0.2, 0) is 4.74 Å². The summed E-state index contributed by atoms with van der Waals surface area (Å²) in [5, 5.41) is 3.47. The Bertz CT molecular complexity index is 424. The van der Waals surface area contributed by atoms with Crippen LogP contribution in [0.4, 0.5) is 5.69 Å². The average molecular weight is 298 g/mol. The third-order valence-corrected chi connectivity index (χ3v) is 3.94. The summed E-state index contributed by atoms with van der Waals surface area (Å²) in [6.45, 7) is 4.91. The average Bonchev–Trinajstić information content (AvgIpc) is 2.38. The Kier molecular flexibility index (Phi) is 7.20. The van der Waals surface area contributed by atoms with Crippen LogP contribution in [0.2, 0.25) is 0 Å². The molecular weight excluding hydrogens is 276 g/mol. The first-order valence-electron chi connectivity index (χ1n) is 6.45.